The van der Waals surface area contributed by atoms with Crippen molar-refractivity contribution in [3.8, 4) is 0 Å². The molecule has 110 valence electrons. The van der Waals surface area contributed by atoms with Crippen molar-refractivity contribution in [2.75, 3.05) is 26.8 Å². The monoisotopic (exact) mass is 272 g/mol. The minimum atomic E-state index is -1.01. The molecule has 1 saturated carbocycles. The number of urea groups is 1. The van der Waals surface area contributed by atoms with Crippen LogP contribution in [0.4, 0.5) is 4.79 Å². The van der Waals surface area contributed by atoms with Crippen molar-refractivity contribution in [2.45, 2.75) is 38.6 Å². The molecule has 0 saturated heterocycles. The van der Waals surface area contributed by atoms with Gasteiger partial charge in [-0.25, -0.2) is 4.79 Å². The Balaban J connectivity index is 2.47. The Morgan fingerprint density at radius 1 is 1.42 bits per heavy atom. The molecule has 0 aromatic carbocycles. The summed E-state index contributed by atoms with van der Waals surface area (Å²) in [6, 6.07) is -0.145. The van der Waals surface area contributed by atoms with Gasteiger partial charge in [-0.05, 0) is 18.8 Å². The SMILES string of the molecule is COCCN(CC(=O)O)C(=O)NC1CCCC(C)C1. The van der Waals surface area contributed by atoms with Gasteiger partial charge in [0.15, 0.2) is 0 Å². The number of aliphatic carboxylic acids is 1. The van der Waals surface area contributed by atoms with E-state index < -0.39 is 5.97 Å². The summed E-state index contributed by atoms with van der Waals surface area (Å²) in [4.78, 5) is 24.1. The second kappa shape index (κ2) is 7.99. The zero-order valence-corrected chi connectivity index (χ0v) is 11.7. The molecule has 0 bridgehead atoms. The highest BCUT2D eigenvalue weighted by Gasteiger charge is 2.23. The van der Waals surface area contributed by atoms with Crippen LogP contribution in [0.3, 0.4) is 0 Å². The number of hydrogen-bond donors (Lipinski definition) is 2. The van der Waals surface area contributed by atoms with Crippen LogP contribution in [0.15, 0.2) is 0 Å². The lowest BCUT2D eigenvalue weighted by atomic mass is 9.87. The predicted octanol–water partition coefficient (Wildman–Crippen LogP) is 1.31. The van der Waals surface area contributed by atoms with E-state index in [1.54, 1.807) is 0 Å². The lowest BCUT2D eigenvalue weighted by molar-refractivity contribution is -0.137. The van der Waals surface area contributed by atoms with Crippen LogP contribution in [-0.2, 0) is 9.53 Å². The maximum atomic E-state index is 12.1. The number of hydrogen-bond acceptors (Lipinski definition) is 3. The number of carbonyl (C=O) groups is 2. The number of nitrogens with one attached hydrogen (secondary N) is 1. The molecule has 1 aliphatic rings. The molecular formula is C13H24N2O4. The summed E-state index contributed by atoms with van der Waals surface area (Å²) in [5.74, 6) is -0.394. The molecule has 1 rings (SSSR count). The molecule has 19 heavy (non-hydrogen) atoms. The smallest absolute Gasteiger partial charge is 0.323 e. The molecule has 0 aliphatic heterocycles. The van der Waals surface area contributed by atoms with Crippen molar-refractivity contribution in [3.63, 3.8) is 0 Å². The van der Waals surface area contributed by atoms with Crippen molar-refractivity contribution >= 4 is 12.0 Å². The molecule has 0 spiro atoms. The molecule has 0 aromatic rings. The number of amides is 2. The average Bonchev–Trinajstić information content (AvgIpc) is 2.34. The summed E-state index contributed by atoms with van der Waals surface area (Å²) in [5.41, 5.74) is 0. The Morgan fingerprint density at radius 2 is 2.16 bits per heavy atom. The summed E-state index contributed by atoms with van der Waals surface area (Å²) in [6.07, 6.45) is 4.26. The van der Waals surface area contributed by atoms with Gasteiger partial charge in [-0.3, -0.25) is 4.79 Å². The van der Waals surface area contributed by atoms with Crippen LogP contribution in [0.5, 0.6) is 0 Å². The molecule has 0 aromatic heterocycles. The van der Waals surface area contributed by atoms with Crippen LogP contribution in [0, 0.1) is 5.92 Å². The van der Waals surface area contributed by atoms with Crippen molar-refractivity contribution in [1.82, 2.24) is 10.2 Å². The lowest BCUT2D eigenvalue weighted by Crippen LogP contribution is -2.48. The zero-order valence-electron chi connectivity index (χ0n) is 11.7. The Hall–Kier alpha value is -1.30. The van der Waals surface area contributed by atoms with E-state index in [-0.39, 0.29) is 25.2 Å². The van der Waals surface area contributed by atoms with E-state index in [1.165, 1.54) is 18.4 Å². The first-order chi connectivity index (χ1) is 9.02. The number of carboxylic acids is 1. The molecule has 2 atom stereocenters. The maximum Gasteiger partial charge on any atom is 0.323 e. The van der Waals surface area contributed by atoms with Crippen LogP contribution in [0.1, 0.15) is 32.6 Å². The van der Waals surface area contributed by atoms with Gasteiger partial charge in [-0.15, -0.1) is 0 Å². The third-order valence-electron chi connectivity index (χ3n) is 3.44. The molecule has 2 N–H and O–H groups in total. The van der Waals surface area contributed by atoms with Gasteiger partial charge < -0.3 is 20.1 Å². The standard InChI is InChI=1S/C13H24N2O4/c1-10-4-3-5-11(8-10)14-13(18)15(6-7-19-2)9-12(16)17/h10-11H,3-9H2,1-2H3,(H,14,18)(H,16,17). The van der Waals surface area contributed by atoms with E-state index in [9.17, 15) is 9.59 Å². The van der Waals surface area contributed by atoms with Gasteiger partial charge in [0.05, 0.1) is 6.61 Å². The topological polar surface area (TPSA) is 78.9 Å². The summed E-state index contributed by atoms with van der Waals surface area (Å²) in [5, 5.41) is 11.7. The van der Waals surface area contributed by atoms with E-state index in [0.717, 1.165) is 19.3 Å². The van der Waals surface area contributed by atoms with E-state index in [2.05, 4.69) is 12.2 Å². The fourth-order valence-corrected chi connectivity index (χ4v) is 2.45. The quantitative estimate of drug-likeness (QED) is 0.764. The predicted molar refractivity (Wildman–Crippen MR) is 71.0 cm³/mol. The number of rotatable bonds is 6. The second-order valence-electron chi connectivity index (χ2n) is 5.23. The van der Waals surface area contributed by atoms with Crippen LogP contribution in [-0.4, -0.2) is 54.9 Å². The molecule has 0 radical (unpaired) electrons. The minimum Gasteiger partial charge on any atom is -0.480 e. The van der Waals surface area contributed by atoms with E-state index in [0.29, 0.717) is 12.5 Å². The first-order valence-electron chi connectivity index (χ1n) is 6.79. The normalized spacial score (nSPS) is 22.8. The largest absolute Gasteiger partial charge is 0.480 e. The van der Waals surface area contributed by atoms with E-state index in [4.69, 9.17) is 9.84 Å². The molecule has 6 heteroatoms. The molecule has 1 aliphatic carbocycles. The summed E-state index contributed by atoms with van der Waals surface area (Å²) in [7, 11) is 1.53. The van der Waals surface area contributed by atoms with Crippen LogP contribution < -0.4 is 5.32 Å². The van der Waals surface area contributed by atoms with Gasteiger partial charge in [-0.1, -0.05) is 19.8 Å². The zero-order chi connectivity index (χ0) is 14.3. The Labute approximate surface area is 114 Å². The van der Waals surface area contributed by atoms with Crippen molar-refractivity contribution in [1.29, 1.82) is 0 Å². The van der Waals surface area contributed by atoms with Gasteiger partial charge >= 0.3 is 12.0 Å². The number of ether oxygens (including phenoxy) is 1. The summed E-state index contributed by atoms with van der Waals surface area (Å²) < 4.78 is 4.90. The summed E-state index contributed by atoms with van der Waals surface area (Å²) in [6.45, 7) is 2.51. The second-order valence-corrected chi connectivity index (χ2v) is 5.23. The highest BCUT2D eigenvalue weighted by molar-refractivity contribution is 5.80. The average molecular weight is 272 g/mol. The molecule has 2 unspecified atom stereocenters. The van der Waals surface area contributed by atoms with Crippen LogP contribution >= 0.6 is 0 Å². The van der Waals surface area contributed by atoms with Gasteiger partial charge in [0.1, 0.15) is 6.54 Å². The van der Waals surface area contributed by atoms with Crippen molar-refractivity contribution in [3.05, 3.63) is 0 Å². The van der Waals surface area contributed by atoms with E-state index >= 15 is 0 Å². The lowest BCUT2D eigenvalue weighted by Gasteiger charge is -2.30. The van der Waals surface area contributed by atoms with Gasteiger partial charge in [0.2, 0.25) is 0 Å². The Morgan fingerprint density at radius 3 is 2.74 bits per heavy atom. The van der Waals surface area contributed by atoms with Gasteiger partial charge in [-0.2, -0.15) is 0 Å². The highest BCUT2D eigenvalue weighted by atomic mass is 16.5. The van der Waals surface area contributed by atoms with Crippen LogP contribution in [0.2, 0.25) is 0 Å². The number of nitrogens with zero attached hydrogens (tertiary/aromatic N) is 1. The third kappa shape index (κ3) is 5.92. The number of carboxylic acid groups (broad SMARTS) is 1. The number of carbonyl (C=O) groups excluding carboxylic acids is 1. The molecule has 1 fully saturated rings. The molecule has 2 amide bonds. The van der Waals surface area contributed by atoms with Crippen LogP contribution in [0.25, 0.3) is 0 Å². The summed E-state index contributed by atoms with van der Waals surface area (Å²) >= 11 is 0. The van der Waals surface area contributed by atoms with Gasteiger partial charge in [0, 0.05) is 19.7 Å². The minimum absolute atomic E-state index is 0.162. The maximum absolute atomic E-state index is 12.1. The first-order valence-corrected chi connectivity index (χ1v) is 6.79. The van der Waals surface area contributed by atoms with Crippen molar-refractivity contribution < 1.29 is 19.4 Å². The Kier molecular flexibility index (Phi) is 6.62. The fourth-order valence-electron chi connectivity index (χ4n) is 2.45. The molecule has 0 heterocycles. The fraction of sp³-hybridized carbons (Fsp3) is 0.846. The highest BCUT2D eigenvalue weighted by Crippen LogP contribution is 2.23. The Bertz CT molecular complexity index is 309. The third-order valence-corrected chi connectivity index (χ3v) is 3.44. The van der Waals surface area contributed by atoms with Crippen molar-refractivity contribution in [2.24, 2.45) is 5.92 Å². The van der Waals surface area contributed by atoms with E-state index in [1.807, 2.05) is 0 Å². The van der Waals surface area contributed by atoms with Gasteiger partial charge in [0.25, 0.3) is 0 Å². The number of methoxy groups -OCH3 is 1. The molecule has 6 nitrogen and oxygen atoms in total. The molecular weight excluding hydrogens is 248 g/mol. The first kappa shape index (κ1) is 15.8.